The van der Waals surface area contributed by atoms with Crippen LogP contribution >= 0.6 is 0 Å². The molecule has 1 amide bonds. The van der Waals surface area contributed by atoms with E-state index < -0.39 is 27.2 Å². The number of amides is 1. The Morgan fingerprint density at radius 3 is 2.40 bits per heavy atom. The zero-order valence-electron chi connectivity index (χ0n) is 14.2. The minimum atomic E-state index is -3.36. The van der Waals surface area contributed by atoms with Crippen molar-refractivity contribution in [2.75, 3.05) is 13.4 Å². The Balaban J connectivity index is 1.86. The van der Waals surface area contributed by atoms with Crippen LogP contribution in [0, 0.1) is 0 Å². The maximum atomic E-state index is 12.7. The predicted molar refractivity (Wildman–Crippen MR) is 95.9 cm³/mol. The smallest absolute Gasteiger partial charge is 0.254 e. The van der Waals surface area contributed by atoms with Crippen LogP contribution in [0.4, 0.5) is 0 Å². The lowest BCUT2D eigenvalue weighted by Crippen LogP contribution is -2.42. The summed E-state index contributed by atoms with van der Waals surface area (Å²) in [6.07, 6.45) is 0.930. The highest BCUT2D eigenvalue weighted by molar-refractivity contribution is 7.91. The summed E-state index contributed by atoms with van der Waals surface area (Å²) in [6.45, 7) is 0. The number of hydrogen-bond acceptors (Lipinski definition) is 4. The normalized spacial score (nSPS) is 20.7. The second kappa shape index (κ2) is 6.98. The largest absolute Gasteiger partial charge is 0.367 e. The first-order valence-corrected chi connectivity index (χ1v) is 10.0. The zero-order chi connectivity index (χ0) is 18.0. The van der Waals surface area contributed by atoms with Gasteiger partial charge in [-0.3, -0.25) is 4.79 Å². The van der Waals surface area contributed by atoms with Gasteiger partial charge in [0.25, 0.3) is 5.91 Å². The van der Waals surface area contributed by atoms with Crippen LogP contribution in [0.1, 0.15) is 28.0 Å². The molecule has 25 heavy (non-hydrogen) atoms. The highest BCUT2D eigenvalue weighted by Gasteiger charge is 2.40. The van der Waals surface area contributed by atoms with Crippen molar-refractivity contribution >= 4 is 15.7 Å². The third kappa shape index (κ3) is 3.60. The molecule has 0 aromatic heterocycles. The van der Waals surface area contributed by atoms with Crippen molar-refractivity contribution in [3.05, 3.63) is 71.3 Å². The summed E-state index contributed by atoms with van der Waals surface area (Å²) in [7, 11) is -1.90. The standard InChI is InChI=1S/C19H21NO4S/c1-24-17(13-8-4-3-5-9-13)19(21)20-16-12-14-10-6-7-11-15(14)18(16)25(2,22)23/h3-11,16-18H,12H2,1-2H3,(H,20,21)/t16?,17-,18?/m1/s1. The molecule has 6 heteroatoms. The summed E-state index contributed by atoms with van der Waals surface area (Å²) in [5, 5.41) is 2.15. The molecule has 1 aliphatic carbocycles. The second-order valence-corrected chi connectivity index (χ2v) is 8.46. The van der Waals surface area contributed by atoms with E-state index in [0.29, 0.717) is 6.42 Å². The van der Waals surface area contributed by atoms with E-state index in [4.69, 9.17) is 4.74 Å². The van der Waals surface area contributed by atoms with Gasteiger partial charge in [0.05, 0.1) is 6.04 Å². The molecule has 3 atom stereocenters. The van der Waals surface area contributed by atoms with E-state index in [1.54, 1.807) is 0 Å². The van der Waals surface area contributed by atoms with Crippen molar-refractivity contribution in [3.63, 3.8) is 0 Å². The van der Waals surface area contributed by atoms with Crippen LogP contribution in [0.2, 0.25) is 0 Å². The topological polar surface area (TPSA) is 72.5 Å². The summed E-state index contributed by atoms with van der Waals surface area (Å²) < 4.78 is 30.0. The first kappa shape index (κ1) is 17.6. The molecule has 0 heterocycles. The average Bonchev–Trinajstić information content (AvgIpc) is 2.94. The number of rotatable bonds is 5. The molecule has 0 bridgehead atoms. The number of sulfone groups is 1. The fourth-order valence-corrected chi connectivity index (χ4v) is 4.95. The highest BCUT2D eigenvalue weighted by Crippen LogP contribution is 2.37. The SMILES string of the molecule is CO[C@@H](C(=O)NC1Cc2ccccc2C1S(C)(=O)=O)c1ccccc1. The Morgan fingerprint density at radius 2 is 1.76 bits per heavy atom. The lowest BCUT2D eigenvalue weighted by Gasteiger charge is -2.23. The Hall–Kier alpha value is -2.18. The zero-order valence-corrected chi connectivity index (χ0v) is 15.0. The monoisotopic (exact) mass is 359 g/mol. The number of fused-ring (bicyclic) bond motifs is 1. The van der Waals surface area contributed by atoms with Gasteiger partial charge in [-0.25, -0.2) is 8.42 Å². The molecular weight excluding hydrogens is 338 g/mol. The fourth-order valence-electron chi connectivity index (χ4n) is 3.49. The van der Waals surface area contributed by atoms with E-state index >= 15 is 0 Å². The minimum Gasteiger partial charge on any atom is -0.367 e. The van der Waals surface area contributed by atoms with Gasteiger partial charge in [-0.1, -0.05) is 54.6 Å². The van der Waals surface area contributed by atoms with Crippen molar-refractivity contribution in [3.8, 4) is 0 Å². The van der Waals surface area contributed by atoms with E-state index in [2.05, 4.69) is 5.32 Å². The lowest BCUT2D eigenvalue weighted by molar-refractivity contribution is -0.132. The molecule has 3 rings (SSSR count). The second-order valence-electron chi connectivity index (χ2n) is 6.29. The van der Waals surface area contributed by atoms with Gasteiger partial charge in [0.15, 0.2) is 15.9 Å². The number of ether oxygens (including phenoxy) is 1. The molecule has 0 spiro atoms. The number of carbonyl (C=O) groups is 1. The average molecular weight is 359 g/mol. The highest BCUT2D eigenvalue weighted by atomic mass is 32.2. The summed E-state index contributed by atoms with van der Waals surface area (Å²) in [6, 6.07) is 16.1. The van der Waals surface area contributed by atoms with Gasteiger partial charge in [0, 0.05) is 13.4 Å². The van der Waals surface area contributed by atoms with Gasteiger partial charge in [-0.2, -0.15) is 0 Å². The Bertz CT molecular complexity index is 864. The molecule has 2 aromatic carbocycles. The quantitative estimate of drug-likeness (QED) is 0.888. The van der Waals surface area contributed by atoms with Crippen molar-refractivity contribution < 1.29 is 17.9 Å². The first-order valence-electron chi connectivity index (χ1n) is 8.06. The van der Waals surface area contributed by atoms with Gasteiger partial charge in [0.1, 0.15) is 5.25 Å². The van der Waals surface area contributed by atoms with E-state index in [1.165, 1.54) is 13.4 Å². The summed E-state index contributed by atoms with van der Waals surface area (Å²) in [5.74, 6) is -0.333. The van der Waals surface area contributed by atoms with Crippen LogP contribution < -0.4 is 5.32 Å². The lowest BCUT2D eigenvalue weighted by atomic mass is 10.1. The number of nitrogens with one attached hydrogen (secondary N) is 1. The molecule has 2 aromatic rings. The van der Waals surface area contributed by atoms with Gasteiger partial charge in [0.2, 0.25) is 0 Å². The molecule has 1 N–H and O–H groups in total. The Kier molecular flexibility index (Phi) is 4.92. The molecule has 1 aliphatic rings. The summed E-state index contributed by atoms with van der Waals surface area (Å²) >= 11 is 0. The molecule has 2 unspecified atom stereocenters. The van der Waals surface area contributed by atoms with Gasteiger partial charge < -0.3 is 10.1 Å². The van der Waals surface area contributed by atoms with Crippen LogP contribution in [0.5, 0.6) is 0 Å². The third-order valence-corrected chi connectivity index (χ3v) is 6.04. The van der Waals surface area contributed by atoms with Crippen molar-refractivity contribution in [2.45, 2.75) is 23.8 Å². The predicted octanol–water partition coefficient (Wildman–Crippen LogP) is 2.20. The number of methoxy groups -OCH3 is 1. The molecular formula is C19H21NO4S. The van der Waals surface area contributed by atoms with Crippen LogP contribution in [0.3, 0.4) is 0 Å². The summed E-state index contributed by atoms with van der Waals surface area (Å²) in [4.78, 5) is 12.7. The van der Waals surface area contributed by atoms with E-state index in [-0.39, 0.29) is 5.91 Å². The molecule has 0 saturated carbocycles. The minimum absolute atomic E-state index is 0.333. The van der Waals surface area contributed by atoms with Crippen molar-refractivity contribution in [1.82, 2.24) is 5.32 Å². The van der Waals surface area contributed by atoms with E-state index in [1.807, 2.05) is 54.6 Å². The van der Waals surface area contributed by atoms with Gasteiger partial charge in [-0.15, -0.1) is 0 Å². The molecule has 0 radical (unpaired) electrons. The maximum absolute atomic E-state index is 12.7. The Morgan fingerprint density at radius 1 is 1.12 bits per heavy atom. The van der Waals surface area contributed by atoms with Crippen LogP contribution in [0.15, 0.2) is 54.6 Å². The molecule has 5 nitrogen and oxygen atoms in total. The fraction of sp³-hybridized carbons (Fsp3) is 0.316. The van der Waals surface area contributed by atoms with E-state index in [9.17, 15) is 13.2 Å². The summed E-state index contributed by atoms with van der Waals surface area (Å²) in [5.41, 5.74) is 2.45. The molecule has 132 valence electrons. The third-order valence-electron chi connectivity index (χ3n) is 4.53. The van der Waals surface area contributed by atoms with Gasteiger partial charge in [-0.05, 0) is 23.1 Å². The van der Waals surface area contributed by atoms with Crippen molar-refractivity contribution in [1.29, 1.82) is 0 Å². The van der Waals surface area contributed by atoms with Crippen LogP contribution in [-0.2, 0) is 25.8 Å². The molecule has 0 saturated heterocycles. The molecule has 0 aliphatic heterocycles. The van der Waals surface area contributed by atoms with Crippen LogP contribution in [-0.4, -0.2) is 33.7 Å². The van der Waals surface area contributed by atoms with Gasteiger partial charge >= 0.3 is 0 Å². The maximum Gasteiger partial charge on any atom is 0.254 e. The number of carbonyl (C=O) groups excluding carboxylic acids is 1. The first-order chi connectivity index (χ1) is 11.9. The van der Waals surface area contributed by atoms with Crippen molar-refractivity contribution in [2.24, 2.45) is 0 Å². The number of hydrogen-bond donors (Lipinski definition) is 1. The number of benzene rings is 2. The van der Waals surface area contributed by atoms with E-state index in [0.717, 1.165) is 16.7 Å². The molecule has 0 fully saturated rings. The Labute approximate surface area is 147 Å². The van der Waals surface area contributed by atoms with Crippen LogP contribution in [0.25, 0.3) is 0 Å².